The number of hydrogen-bond donors (Lipinski definition) is 0. The zero-order valence-corrected chi connectivity index (χ0v) is 12.8. The summed E-state index contributed by atoms with van der Waals surface area (Å²) < 4.78 is 6.48. The lowest BCUT2D eigenvalue weighted by molar-refractivity contribution is -0.483. The first kappa shape index (κ1) is 16.4. The quantitative estimate of drug-likeness (QED) is 0.382. The van der Waals surface area contributed by atoms with Gasteiger partial charge in [0.2, 0.25) is 6.54 Å². The molecule has 1 aromatic carbocycles. The zero-order valence-electron chi connectivity index (χ0n) is 11.3. The van der Waals surface area contributed by atoms with Crippen molar-refractivity contribution in [2.75, 3.05) is 13.2 Å². The fourth-order valence-electron chi connectivity index (χ4n) is 1.96. The summed E-state index contributed by atoms with van der Waals surface area (Å²) in [5, 5.41) is 10.9. The molecule has 20 heavy (non-hydrogen) atoms. The Bertz CT molecular complexity index is 488. The van der Waals surface area contributed by atoms with E-state index in [1.807, 2.05) is 18.2 Å². The van der Waals surface area contributed by atoms with Crippen LogP contribution in [0.4, 0.5) is 0 Å². The normalized spacial score (nSPS) is 11.7. The largest absolute Gasteiger partial charge is 0.489 e. The molecule has 4 nitrogen and oxygen atoms in total. The summed E-state index contributed by atoms with van der Waals surface area (Å²) in [5.74, 6) is 0.476. The third kappa shape index (κ3) is 5.17. The van der Waals surface area contributed by atoms with Crippen LogP contribution < -0.4 is 4.74 Å². The molecule has 0 fully saturated rings. The molecule has 5 heteroatoms. The van der Waals surface area contributed by atoms with Crippen LogP contribution in [0.3, 0.4) is 0 Å². The summed E-state index contributed by atoms with van der Waals surface area (Å²) in [6, 6.07) is 5.57. The monoisotopic (exact) mass is 339 g/mol. The summed E-state index contributed by atoms with van der Waals surface area (Å²) in [7, 11) is 0. The molecule has 1 rings (SSSR count). The maximum atomic E-state index is 10.9. The Kier molecular flexibility index (Phi) is 7.01. The Hall–Kier alpha value is -1.62. The van der Waals surface area contributed by atoms with Gasteiger partial charge in [0, 0.05) is 15.0 Å². The number of nitrogens with zero attached hydrogens (tertiary/aromatic N) is 1. The van der Waals surface area contributed by atoms with E-state index in [2.05, 4.69) is 29.1 Å². The van der Waals surface area contributed by atoms with Crippen molar-refractivity contribution in [1.82, 2.24) is 0 Å². The predicted octanol–water partition coefficient (Wildman–Crippen LogP) is 4.34. The SMILES string of the molecule is C=CCCC(C[N+](=O)[O-])c1cc(Br)ccc1OCC=C. The Balaban J connectivity index is 3.06. The molecular formula is C15H18BrNO3. The van der Waals surface area contributed by atoms with Crippen molar-refractivity contribution in [3.8, 4) is 5.75 Å². The van der Waals surface area contributed by atoms with Crippen LogP contribution >= 0.6 is 15.9 Å². The number of benzene rings is 1. The van der Waals surface area contributed by atoms with E-state index in [-0.39, 0.29) is 17.4 Å². The van der Waals surface area contributed by atoms with Gasteiger partial charge in [0.05, 0.1) is 5.92 Å². The average molecular weight is 340 g/mol. The van der Waals surface area contributed by atoms with Gasteiger partial charge in [0.15, 0.2) is 0 Å². The van der Waals surface area contributed by atoms with Gasteiger partial charge in [-0.2, -0.15) is 0 Å². The highest BCUT2D eigenvalue weighted by atomic mass is 79.9. The van der Waals surface area contributed by atoms with Crippen molar-refractivity contribution in [3.63, 3.8) is 0 Å². The van der Waals surface area contributed by atoms with Crippen LogP contribution in [0.1, 0.15) is 24.3 Å². The molecule has 0 saturated heterocycles. The van der Waals surface area contributed by atoms with Crippen LogP contribution in [0, 0.1) is 10.1 Å². The van der Waals surface area contributed by atoms with Gasteiger partial charge in [-0.05, 0) is 31.0 Å². The third-order valence-corrected chi connectivity index (χ3v) is 3.35. The van der Waals surface area contributed by atoms with Crippen LogP contribution in [0.2, 0.25) is 0 Å². The van der Waals surface area contributed by atoms with Crippen molar-refractivity contribution in [3.05, 3.63) is 63.7 Å². The molecule has 0 spiro atoms. The molecule has 1 aromatic rings. The van der Waals surface area contributed by atoms with Crippen molar-refractivity contribution in [2.45, 2.75) is 18.8 Å². The van der Waals surface area contributed by atoms with Gasteiger partial charge in [-0.3, -0.25) is 10.1 Å². The first-order chi connectivity index (χ1) is 9.58. The minimum absolute atomic E-state index is 0.116. The zero-order chi connectivity index (χ0) is 15.0. The molecule has 1 unspecified atom stereocenters. The molecule has 0 N–H and O–H groups in total. The molecule has 0 heterocycles. The number of nitro groups is 1. The Labute approximate surface area is 127 Å². The number of allylic oxidation sites excluding steroid dienone is 1. The van der Waals surface area contributed by atoms with Crippen molar-refractivity contribution in [1.29, 1.82) is 0 Å². The smallest absolute Gasteiger partial charge is 0.210 e. The van der Waals surface area contributed by atoms with Gasteiger partial charge in [-0.1, -0.05) is 34.7 Å². The highest BCUT2D eigenvalue weighted by Crippen LogP contribution is 2.33. The standard InChI is InChI=1S/C15H18BrNO3/c1-3-5-6-12(11-17(18)19)14-10-13(16)7-8-15(14)20-9-4-2/h3-4,7-8,10,12H,1-2,5-6,9,11H2. The maximum Gasteiger partial charge on any atom is 0.210 e. The van der Waals surface area contributed by atoms with E-state index < -0.39 is 0 Å². The van der Waals surface area contributed by atoms with Crippen LogP contribution in [-0.2, 0) is 0 Å². The van der Waals surface area contributed by atoms with Crippen molar-refractivity contribution < 1.29 is 9.66 Å². The molecule has 0 aliphatic rings. The van der Waals surface area contributed by atoms with Crippen LogP contribution in [-0.4, -0.2) is 18.1 Å². The van der Waals surface area contributed by atoms with Crippen molar-refractivity contribution in [2.24, 2.45) is 0 Å². The third-order valence-electron chi connectivity index (χ3n) is 2.86. The van der Waals surface area contributed by atoms with Gasteiger partial charge >= 0.3 is 0 Å². The molecule has 0 bridgehead atoms. The number of rotatable bonds is 9. The Morgan fingerprint density at radius 2 is 2.15 bits per heavy atom. The average Bonchev–Trinajstić information content (AvgIpc) is 2.41. The van der Waals surface area contributed by atoms with Gasteiger partial charge in [0.1, 0.15) is 12.4 Å². The topological polar surface area (TPSA) is 52.4 Å². The van der Waals surface area contributed by atoms with E-state index in [1.54, 1.807) is 12.2 Å². The predicted molar refractivity (Wildman–Crippen MR) is 83.9 cm³/mol. The first-order valence-corrected chi connectivity index (χ1v) is 7.13. The van der Waals surface area contributed by atoms with E-state index in [0.717, 1.165) is 16.5 Å². The minimum atomic E-state index is -0.286. The summed E-state index contributed by atoms with van der Waals surface area (Å²) in [6.45, 7) is 7.54. The summed E-state index contributed by atoms with van der Waals surface area (Å²) in [6.07, 6.45) is 4.82. The molecule has 0 saturated carbocycles. The summed E-state index contributed by atoms with van der Waals surface area (Å²) >= 11 is 3.40. The van der Waals surface area contributed by atoms with Crippen LogP contribution in [0.5, 0.6) is 5.75 Å². The van der Waals surface area contributed by atoms with Crippen molar-refractivity contribution >= 4 is 15.9 Å². The molecule has 108 valence electrons. The molecule has 1 atom stereocenters. The summed E-state index contributed by atoms with van der Waals surface area (Å²) in [4.78, 5) is 10.6. The first-order valence-electron chi connectivity index (χ1n) is 6.34. The summed E-state index contributed by atoms with van der Waals surface area (Å²) in [5.41, 5.74) is 0.847. The lowest BCUT2D eigenvalue weighted by atomic mass is 9.93. The molecule has 0 aliphatic carbocycles. The van der Waals surface area contributed by atoms with Crippen LogP contribution in [0.15, 0.2) is 48.0 Å². The van der Waals surface area contributed by atoms with E-state index >= 15 is 0 Å². The lowest BCUT2D eigenvalue weighted by Crippen LogP contribution is -2.14. The number of halogens is 1. The molecule has 0 radical (unpaired) electrons. The minimum Gasteiger partial charge on any atom is -0.489 e. The molecule has 0 aromatic heterocycles. The van der Waals surface area contributed by atoms with Gasteiger partial charge < -0.3 is 4.74 Å². The highest BCUT2D eigenvalue weighted by Gasteiger charge is 2.21. The van der Waals surface area contributed by atoms with Gasteiger partial charge in [-0.15, -0.1) is 6.58 Å². The van der Waals surface area contributed by atoms with E-state index in [4.69, 9.17) is 4.74 Å². The second-order valence-electron chi connectivity index (χ2n) is 4.36. The Morgan fingerprint density at radius 1 is 1.40 bits per heavy atom. The van der Waals surface area contributed by atoms with Crippen LogP contribution in [0.25, 0.3) is 0 Å². The van der Waals surface area contributed by atoms with E-state index in [0.29, 0.717) is 18.8 Å². The molecular weight excluding hydrogens is 322 g/mol. The Morgan fingerprint density at radius 3 is 2.75 bits per heavy atom. The fourth-order valence-corrected chi connectivity index (χ4v) is 2.34. The number of ether oxygens (including phenoxy) is 1. The second kappa shape index (κ2) is 8.53. The number of hydrogen-bond acceptors (Lipinski definition) is 3. The molecule has 0 amide bonds. The highest BCUT2D eigenvalue weighted by molar-refractivity contribution is 9.10. The van der Waals surface area contributed by atoms with E-state index in [9.17, 15) is 10.1 Å². The maximum absolute atomic E-state index is 10.9. The van der Waals surface area contributed by atoms with Gasteiger partial charge in [-0.25, -0.2) is 0 Å². The fraction of sp³-hybridized carbons (Fsp3) is 0.333. The molecule has 0 aliphatic heterocycles. The lowest BCUT2D eigenvalue weighted by Gasteiger charge is -2.17. The van der Waals surface area contributed by atoms with Gasteiger partial charge in [0.25, 0.3) is 0 Å². The second-order valence-corrected chi connectivity index (χ2v) is 5.28. The van der Waals surface area contributed by atoms with E-state index in [1.165, 1.54) is 0 Å².